The van der Waals surface area contributed by atoms with E-state index in [1.165, 1.54) is 11.3 Å². The summed E-state index contributed by atoms with van der Waals surface area (Å²) in [5.41, 5.74) is 0.677. The van der Waals surface area contributed by atoms with Gasteiger partial charge in [0.05, 0.1) is 6.04 Å². The van der Waals surface area contributed by atoms with Crippen molar-refractivity contribution in [2.24, 2.45) is 0 Å². The van der Waals surface area contributed by atoms with E-state index in [1.807, 2.05) is 18.4 Å². The Morgan fingerprint density at radius 2 is 2.15 bits per heavy atom. The molecule has 1 unspecified atom stereocenters. The number of thiazole rings is 1. The first-order valence-electron chi connectivity index (χ1n) is 6.39. The van der Waals surface area contributed by atoms with Crippen LogP contribution in [0.25, 0.3) is 0 Å². The average molecular weight is 298 g/mol. The summed E-state index contributed by atoms with van der Waals surface area (Å²) < 4.78 is 29.6. The highest BCUT2D eigenvalue weighted by molar-refractivity contribution is 7.09. The van der Waals surface area contributed by atoms with Crippen LogP contribution in [0.2, 0.25) is 0 Å². The third-order valence-electron chi connectivity index (χ3n) is 2.74. The van der Waals surface area contributed by atoms with Gasteiger partial charge in [-0.25, -0.2) is 4.98 Å². The first kappa shape index (κ1) is 14.9. The molecular weight excluding hydrogens is 282 g/mol. The minimum Gasteiger partial charge on any atom is -0.434 e. The second kappa shape index (κ2) is 7.31. The second-order valence-corrected chi connectivity index (χ2v) is 5.10. The lowest BCUT2D eigenvalue weighted by Gasteiger charge is -2.19. The van der Waals surface area contributed by atoms with E-state index >= 15 is 0 Å². The molecule has 2 aromatic rings. The molecule has 1 heterocycles. The maximum atomic E-state index is 12.5. The SMILES string of the molecule is CCCNC(c1nccs1)c1ccccc1OC(F)F. The standard InChI is InChI=1S/C14H16F2N2OS/c1-2-7-17-12(13-18-8-9-20-13)10-5-3-4-6-11(10)19-14(15)16/h3-6,8-9,12,14,17H,2,7H2,1H3. The Balaban J connectivity index is 2.33. The topological polar surface area (TPSA) is 34.2 Å². The van der Waals surface area contributed by atoms with Crippen LogP contribution in [0.5, 0.6) is 5.75 Å². The fourth-order valence-corrected chi connectivity index (χ4v) is 2.65. The van der Waals surface area contributed by atoms with Gasteiger partial charge in [-0.2, -0.15) is 8.78 Å². The van der Waals surface area contributed by atoms with E-state index < -0.39 is 6.61 Å². The second-order valence-electron chi connectivity index (χ2n) is 4.17. The lowest BCUT2D eigenvalue weighted by Crippen LogP contribution is -2.24. The Morgan fingerprint density at radius 1 is 1.35 bits per heavy atom. The molecule has 0 spiro atoms. The molecule has 6 heteroatoms. The van der Waals surface area contributed by atoms with Crippen LogP contribution in [0.1, 0.15) is 30.0 Å². The van der Waals surface area contributed by atoms with Gasteiger partial charge in [0.2, 0.25) is 0 Å². The summed E-state index contributed by atoms with van der Waals surface area (Å²) in [7, 11) is 0. The molecule has 0 saturated carbocycles. The fourth-order valence-electron chi connectivity index (χ4n) is 1.92. The van der Waals surface area contributed by atoms with Crippen molar-refractivity contribution in [3.05, 3.63) is 46.4 Å². The number of nitrogens with zero attached hydrogens (tertiary/aromatic N) is 1. The number of rotatable bonds is 7. The number of hydrogen-bond donors (Lipinski definition) is 1. The molecule has 1 aromatic carbocycles. The summed E-state index contributed by atoms with van der Waals surface area (Å²) in [4.78, 5) is 4.28. The molecule has 0 aliphatic rings. The Kier molecular flexibility index (Phi) is 5.43. The van der Waals surface area contributed by atoms with Gasteiger partial charge in [0.1, 0.15) is 10.8 Å². The number of halogens is 2. The van der Waals surface area contributed by atoms with Crippen LogP contribution in [0.3, 0.4) is 0 Å². The number of aromatic nitrogens is 1. The van der Waals surface area contributed by atoms with E-state index in [9.17, 15) is 8.78 Å². The zero-order valence-corrected chi connectivity index (χ0v) is 11.9. The molecule has 0 radical (unpaired) electrons. The van der Waals surface area contributed by atoms with Crippen LogP contribution in [0, 0.1) is 0 Å². The number of hydrogen-bond acceptors (Lipinski definition) is 4. The molecule has 0 aliphatic carbocycles. The molecule has 0 bridgehead atoms. The van der Waals surface area contributed by atoms with Crippen LogP contribution in [0.4, 0.5) is 8.78 Å². The normalized spacial score (nSPS) is 12.6. The van der Waals surface area contributed by atoms with E-state index in [0.29, 0.717) is 5.56 Å². The molecule has 1 aromatic heterocycles. The minimum absolute atomic E-state index is 0.186. The number of alkyl halides is 2. The third-order valence-corrected chi connectivity index (χ3v) is 3.58. The highest BCUT2D eigenvalue weighted by Crippen LogP contribution is 2.31. The van der Waals surface area contributed by atoms with Gasteiger partial charge in [0.15, 0.2) is 0 Å². The van der Waals surface area contributed by atoms with Gasteiger partial charge >= 0.3 is 6.61 Å². The number of benzene rings is 1. The van der Waals surface area contributed by atoms with Crippen LogP contribution in [-0.4, -0.2) is 18.1 Å². The van der Waals surface area contributed by atoms with Gasteiger partial charge in [-0.05, 0) is 19.0 Å². The number of para-hydroxylation sites is 1. The maximum Gasteiger partial charge on any atom is 0.387 e. The smallest absolute Gasteiger partial charge is 0.387 e. The van der Waals surface area contributed by atoms with Crippen LogP contribution in [-0.2, 0) is 0 Å². The summed E-state index contributed by atoms with van der Waals surface area (Å²) in [6, 6.07) is 6.59. The zero-order valence-electron chi connectivity index (χ0n) is 11.1. The zero-order chi connectivity index (χ0) is 14.4. The van der Waals surface area contributed by atoms with Crippen molar-refractivity contribution in [2.75, 3.05) is 6.54 Å². The van der Waals surface area contributed by atoms with Gasteiger partial charge in [0, 0.05) is 17.1 Å². The van der Waals surface area contributed by atoms with Crippen molar-refractivity contribution in [3.8, 4) is 5.75 Å². The summed E-state index contributed by atoms with van der Waals surface area (Å²) >= 11 is 1.49. The van der Waals surface area contributed by atoms with E-state index in [0.717, 1.165) is 18.0 Å². The van der Waals surface area contributed by atoms with E-state index in [2.05, 4.69) is 15.0 Å². The highest BCUT2D eigenvalue weighted by atomic mass is 32.1. The van der Waals surface area contributed by atoms with Crippen molar-refractivity contribution in [2.45, 2.75) is 26.0 Å². The van der Waals surface area contributed by atoms with Gasteiger partial charge in [0.25, 0.3) is 0 Å². The van der Waals surface area contributed by atoms with Crippen molar-refractivity contribution >= 4 is 11.3 Å². The summed E-state index contributed by atoms with van der Waals surface area (Å²) in [5, 5.41) is 6.03. The van der Waals surface area contributed by atoms with Crippen molar-refractivity contribution in [3.63, 3.8) is 0 Å². The Hall–Kier alpha value is -1.53. The molecule has 0 aliphatic heterocycles. The molecule has 1 N–H and O–H groups in total. The monoisotopic (exact) mass is 298 g/mol. The first-order chi connectivity index (χ1) is 9.72. The summed E-state index contributed by atoms with van der Waals surface area (Å²) in [6.07, 6.45) is 2.65. The molecule has 108 valence electrons. The van der Waals surface area contributed by atoms with Gasteiger partial charge in [-0.1, -0.05) is 25.1 Å². The summed E-state index contributed by atoms with van der Waals surface area (Å²) in [6.45, 7) is -0.0138. The quantitative estimate of drug-likeness (QED) is 0.843. The molecule has 2 rings (SSSR count). The first-order valence-corrected chi connectivity index (χ1v) is 7.26. The molecule has 0 amide bonds. The molecular formula is C14H16F2N2OS. The largest absolute Gasteiger partial charge is 0.434 e. The highest BCUT2D eigenvalue weighted by Gasteiger charge is 2.21. The maximum absolute atomic E-state index is 12.5. The number of ether oxygens (including phenoxy) is 1. The average Bonchev–Trinajstić information content (AvgIpc) is 2.94. The Bertz CT molecular complexity index is 520. The molecule has 3 nitrogen and oxygen atoms in total. The van der Waals surface area contributed by atoms with E-state index in [4.69, 9.17) is 0 Å². The molecule has 20 heavy (non-hydrogen) atoms. The van der Waals surface area contributed by atoms with Gasteiger partial charge in [-0.3, -0.25) is 0 Å². The van der Waals surface area contributed by atoms with Crippen molar-refractivity contribution < 1.29 is 13.5 Å². The lowest BCUT2D eigenvalue weighted by atomic mass is 10.1. The fraction of sp³-hybridized carbons (Fsp3) is 0.357. The van der Waals surface area contributed by atoms with E-state index in [-0.39, 0.29) is 11.8 Å². The van der Waals surface area contributed by atoms with Gasteiger partial charge < -0.3 is 10.1 Å². The Morgan fingerprint density at radius 3 is 2.80 bits per heavy atom. The molecule has 0 saturated heterocycles. The van der Waals surface area contributed by atoms with Crippen LogP contribution < -0.4 is 10.1 Å². The predicted molar refractivity (Wildman–Crippen MR) is 75.3 cm³/mol. The van der Waals surface area contributed by atoms with Crippen molar-refractivity contribution in [1.29, 1.82) is 0 Å². The molecule has 1 atom stereocenters. The summed E-state index contributed by atoms with van der Waals surface area (Å²) in [5.74, 6) is 0.186. The molecule has 0 fully saturated rings. The van der Waals surface area contributed by atoms with Crippen LogP contribution in [0.15, 0.2) is 35.8 Å². The number of nitrogens with one attached hydrogen (secondary N) is 1. The van der Waals surface area contributed by atoms with Crippen LogP contribution >= 0.6 is 11.3 Å². The Labute approximate surface area is 120 Å². The van der Waals surface area contributed by atoms with Gasteiger partial charge in [-0.15, -0.1) is 11.3 Å². The van der Waals surface area contributed by atoms with E-state index in [1.54, 1.807) is 24.4 Å². The van der Waals surface area contributed by atoms with Crippen molar-refractivity contribution in [1.82, 2.24) is 10.3 Å². The third kappa shape index (κ3) is 3.74. The minimum atomic E-state index is -2.83. The lowest BCUT2D eigenvalue weighted by molar-refractivity contribution is -0.0506. The predicted octanol–water partition coefficient (Wildman–Crippen LogP) is 3.83.